The first kappa shape index (κ1) is 23.5. The highest BCUT2D eigenvalue weighted by Gasteiger charge is 2.64. The second-order valence-electron chi connectivity index (χ2n) is 5.34. The van der Waals surface area contributed by atoms with E-state index in [0.29, 0.717) is 0 Å². The van der Waals surface area contributed by atoms with Crippen molar-refractivity contribution in [2.75, 3.05) is 13.2 Å². The molecule has 0 spiro atoms. The van der Waals surface area contributed by atoms with Crippen LogP contribution in [0.1, 0.15) is 25.0 Å². The summed E-state index contributed by atoms with van der Waals surface area (Å²) in [7, 11) is 0. The van der Waals surface area contributed by atoms with Crippen LogP contribution in [0, 0.1) is 0 Å². The summed E-state index contributed by atoms with van der Waals surface area (Å²) in [6.45, 7) is 0.906. The maximum atomic E-state index is 13.5. The topological polar surface area (TPSA) is 76.7 Å². The maximum absolute atomic E-state index is 13.5. The number of rotatable bonds is 7. The van der Waals surface area contributed by atoms with Gasteiger partial charge in [-0.05, 0) is 31.5 Å². The number of urea groups is 1. The van der Waals surface area contributed by atoms with E-state index in [1.807, 2.05) is 5.32 Å². The number of nitrogens with one attached hydrogen (secondary N) is 2. The fraction of sp³-hybridized carbons (Fsp3) is 0.500. The van der Waals surface area contributed by atoms with Gasteiger partial charge in [-0.15, -0.1) is 0 Å². The number of esters is 1. The third kappa shape index (κ3) is 5.75. The Bertz CT molecular complexity index is 692. The van der Waals surface area contributed by atoms with Gasteiger partial charge < -0.3 is 14.8 Å². The second kappa shape index (κ2) is 9.13. The molecule has 0 aliphatic rings. The lowest BCUT2D eigenvalue weighted by atomic mass is 10.1. The van der Waals surface area contributed by atoms with E-state index in [2.05, 4.69) is 9.47 Å². The average molecular weight is 416 g/mol. The molecule has 1 aromatic rings. The number of ether oxygens (including phenoxy) is 2. The van der Waals surface area contributed by atoms with Gasteiger partial charge in [-0.1, -0.05) is 12.1 Å². The van der Waals surface area contributed by atoms with Crippen molar-refractivity contribution in [2.45, 2.75) is 38.5 Å². The van der Waals surface area contributed by atoms with Gasteiger partial charge >= 0.3 is 30.1 Å². The molecule has 0 aliphatic heterocycles. The number of benzene rings is 1. The molecule has 0 saturated carbocycles. The van der Waals surface area contributed by atoms with Gasteiger partial charge in [0.05, 0.1) is 12.2 Å². The Morgan fingerprint density at radius 1 is 1.04 bits per heavy atom. The summed E-state index contributed by atoms with van der Waals surface area (Å²) in [5.41, 5.74) is -4.76. The number of carbonyl (C=O) groups is 2. The Morgan fingerprint density at radius 2 is 1.68 bits per heavy atom. The van der Waals surface area contributed by atoms with Gasteiger partial charge in [-0.3, -0.25) is 5.32 Å². The SMILES string of the molecule is CCOC(=O)[C@](NC(=O)NCc1cccc(C(F)(F)F)c1)(OCC)C(F)(F)F. The minimum Gasteiger partial charge on any atom is -0.462 e. The summed E-state index contributed by atoms with van der Waals surface area (Å²) in [5, 5.41) is 3.33. The van der Waals surface area contributed by atoms with E-state index in [1.165, 1.54) is 25.2 Å². The third-order valence-electron chi connectivity index (χ3n) is 3.32. The van der Waals surface area contributed by atoms with Crippen LogP contribution in [0.4, 0.5) is 31.1 Å². The van der Waals surface area contributed by atoms with Crippen LogP contribution in [0.3, 0.4) is 0 Å². The molecule has 12 heteroatoms. The van der Waals surface area contributed by atoms with E-state index >= 15 is 0 Å². The van der Waals surface area contributed by atoms with Gasteiger partial charge in [0.2, 0.25) is 0 Å². The molecular formula is C16H18F6N2O4. The lowest BCUT2D eigenvalue weighted by molar-refractivity contribution is -0.283. The predicted molar refractivity (Wildman–Crippen MR) is 83.9 cm³/mol. The Labute approximate surface area is 156 Å². The van der Waals surface area contributed by atoms with Gasteiger partial charge in [0, 0.05) is 13.2 Å². The summed E-state index contributed by atoms with van der Waals surface area (Å²) in [4.78, 5) is 23.7. The van der Waals surface area contributed by atoms with Gasteiger partial charge in [0.25, 0.3) is 0 Å². The van der Waals surface area contributed by atoms with Gasteiger partial charge in [-0.25, -0.2) is 9.59 Å². The highest BCUT2D eigenvalue weighted by atomic mass is 19.4. The number of halogens is 6. The van der Waals surface area contributed by atoms with Crippen LogP contribution in [0.2, 0.25) is 0 Å². The fourth-order valence-corrected chi connectivity index (χ4v) is 2.11. The zero-order chi connectivity index (χ0) is 21.6. The van der Waals surface area contributed by atoms with Crippen molar-refractivity contribution in [2.24, 2.45) is 0 Å². The number of hydrogen-bond acceptors (Lipinski definition) is 4. The van der Waals surface area contributed by atoms with E-state index in [9.17, 15) is 35.9 Å². The summed E-state index contributed by atoms with van der Waals surface area (Å²) in [6.07, 6.45) is -9.98. The van der Waals surface area contributed by atoms with Crippen molar-refractivity contribution in [3.8, 4) is 0 Å². The van der Waals surface area contributed by atoms with Crippen LogP contribution in [0.5, 0.6) is 0 Å². The molecule has 2 amide bonds. The average Bonchev–Trinajstić information content (AvgIpc) is 2.58. The van der Waals surface area contributed by atoms with E-state index in [-0.39, 0.29) is 5.56 Å². The molecule has 0 bridgehead atoms. The van der Waals surface area contributed by atoms with Crippen LogP contribution >= 0.6 is 0 Å². The quantitative estimate of drug-likeness (QED) is 0.406. The molecule has 0 unspecified atom stereocenters. The molecule has 2 N–H and O–H groups in total. The molecule has 158 valence electrons. The molecule has 6 nitrogen and oxygen atoms in total. The Morgan fingerprint density at radius 3 is 2.18 bits per heavy atom. The third-order valence-corrected chi connectivity index (χ3v) is 3.32. The second-order valence-corrected chi connectivity index (χ2v) is 5.34. The van der Waals surface area contributed by atoms with E-state index < -0.39 is 55.4 Å². The largest absolute Gasteiger partial charge is 0.462 e. The van der Waals surface area contributed by atoms with Crippen LogP contribution in [0.15, 0.2) is 24.3 Å². The maximum Gasteiger partial charge on any atom is 0.448 e. The van der Waals surface area contributed by atoms with Crippen LogP contribution in [-0.2, 0) is 27.0 Å². The monoisotopic (exact) mass is 416 g/mol. The highest BCUT2D eigenvalue weighted by molar-refractivity contribution is 5.87. The fourth-order valence-electron chi connectivity index (χ4n) is 2.11. The Hall–Kier alpha value is -2.50. The number of amides is 2. The van der Waals surface area contributed by atoms with Crippen molar-refractivity contribution in [3.05, 3.63) is 35.4 Å². The van der Waals surface area contributed by atoms with Crippen molar-refractivity contribution in [3.63, 3.8) is 0 Å². The summed E-state index contributed by atoms with van der Waals surface area (Å²) in [5.74, 6) is -1.88. The molecule has 0 aromatic heterocycles. The minimum atomic E-state index is -5.36. The normalized spacial score (nSPS) is 14.1. The summed E-state index contributed by atoms with van der Waals surface area (Å²) < 4.78 is 87.2. The molecule has 0 aliphatic carbocycles. The molecule has 28 heavy (non-hydrogen) atoms. The first-order valence-corrected chi connectivity index (χ1v) is 7.97. The Kier molecular flexibility index (Phi) is 7.67. The van der Waals surface area contributed by atoms with E-state index in [0.717, 1.165) is 18.2 Å². The number of carbonyl (C=O) groups excluding carboxylic acids is 2. The lowest BCUT2D eigenvalue weighted by Crippen LogP contribution is -2.67. The van der Waals surface area contributed by atoms with Gasteiger partial charge in [0.15, 0.2) is 0 Å². The Balaban J connectivity index is 2.96. The first-order valence-electron chi connectivity index (χ1n) is 7.97. The van der Waals surface area contributed by atoms with E-state index in [4.69, 9.17) is 0 Å². The lowest BCUT2D eigenvalue weighted by Gasteiger charge is -2.33. The predicted octanol–water partition coefficient (Wildman–Crippen LogP) is 3.36. The van der Waals surface area contributed by atoms with E-state index in [1.54, 1.807) is 0 Å². The highest BCUT2D eigenvalue weighted by Crippen LogP contribution is 2.33. The molecule has 0 fully saturated rings. The minimum absolute atomic E-state index is 0.0184. The standard InChI is InChI=1S/C16H18F6N2O4/c1-3-27-12(25)14(28-4-2,16(20,21)22)24-13(26)23-9-10-6-5-7-11(8-10)15(17,18)19/h5-8H,3-4,9H2,1-2H3,(H2,23,24,26)/t14-/m0/s1. The molecule has 1 atom stereocenters. The van der Waals surface area contributed by atoms with Gasteiger partial charge in [-0.2, -0.15) is 26.3 Å². The molecular weight excluding hydrogens is 398 g/mol. The first-order chi connectivity index (χ1) is 12.9. The summed E-state index contributed by atoms with van der Waals surface area (Å²) in [6, 6.07) is 2.35. The molecule has 1 rings (SSSR count). The van der Waals surface area contributed by atoms with Crippen molar-refractivity contribution in [1.29, 1.82) is 0 Å². The zero-order valence-electron chi connectivity index (χ0n) is 14.8. The van der Waals surface area contributed by atoms with Crippen molar-refractivity contribution in [1.82, 2.24) is 10.6 Å². The van der Waals surface area contributed by atoms with Crippen molar-refractivity contribution >= 4 is 12.0 Å². The van der Waals surface area contributed by atoms with Crippen LogP contribution in [-0.4, -0.2) is 37.1 Å². The molecule has 0 radical (unpaired) electrons. The van der Waals surface area contributed by atoms with Gasteiger partial charge in [0.1, 0.15) is 0 Å². The van der Waals surface area contributed by atoms with Crippen LogP contribution < -0.4 is 10.6 Å². The number of alkyl halides is 6. The van der Waals surface area contributed by atoms with Crippen LogP contribution in [0.25, 0.3) is 0 Å². The number of hydrogen-bond donors (Lipinski definition) is 2. The molecule has 0 saturated heterocycles. The summed E-state index contributed by atoms with van der Waals surface area (Å²) >= 11 is 0. The van der Waals surface area contributed by atoms with Crippen molar-refractivity contribution < 1.29 is 45.4 Å². The molecule has 1 aromatic carbocycles. The smallest absolute Gasteiger partial charge is 0.448 e. The molecule has 0 heterocycles. The zero-order valence-corrected chi connectivity index (χ0v) is 14.8.